The van der Waals surface area contributed by atoms with E-state index in [0.717, 1.165) is 5.56 Å². The maximum absolute atomic E-state index is 10.4. The first-order valence-electron chi connectivity index (χ1n) is 3.31. The van der Waals surface area contributed by atoms with Crippen LogP contribution in [0, 0.1) is 0 Å². The summed E-state index contributed by atoms with van der Waals surface area (Å²) in [7, 11) is 0. The molecule has 0 saturated carbocycles. The summed E-state index contributed by atoms with van der Waals surface area (Å²) in [6.07, 6.45) is 0.879. The number of amides is 1. The minimum absolute atomic E-state index is 0.312. The number of hydrogen-bond donors (Lipinski definition) is 1. The van der Waals surface area contributed by atoms with Crippen LogP contribution in [0.5, 0.6) is 0 Å². The first-order valence-corrected chi connectivity index (χ1v) is 4.89. The normalized spacial score (nSPS) is 10.2. The van der Waals surface area contributed by atoms with Gasteiger partial charge in [0.25, 0.3) is 0 Å². The number of nitrogens with two attached hydrogens (primary N) is 1. The molecule has 66 valence electrons. The Hall–Kier alpha value is -0.250. The molecule has 2 N–H and O–H groups in total. The maximum Gasteiger partial charge on any atom is 0.217 e. The van der Waals surface area contributed by atoms with Crippen LogP contribution in [0.4, 0.5) is 0 Å². The van der Waals surface area contributed by atoms with Crippen molar-refractivity contribution in [2.75, 3.05) is 0 Å². The van der Waals surface area contributed by atoms with Crippen LogP contribution < -0.4 is 5.73 Å². The second-order valence-electron chi connectivity index (χ2n) is 2.32. The molecule has 5 heteroatoms. The van der Waals surface area contributed by atoms with Gasteiger partial charge in [-0.2, -0.15) is 0 Å². The average molecular weight is 224 g/mol. The van der Waals surface area contributed by atoms with E-state index >= 15 is 0 Å². The van der Waals surface area contributed by atoms with Crippen molar-refractivity contribution in [1.29, 1.82) is 0 Å². The van der Waals surface area contributed by atoms with Gasteiger partial charge in [-0.1, -0.05) is 23.2 Å². The number of aryl methyl sites for hydroxylation is 1. The molecule has 1 aromatic heterocycles. The van der Waals surface area contributed by atoms with E-state index in [2.05, 4.69) is 0 Å². The largest absolute Gasteiger partial charge is 0.370 e. The number of rotatable bonds is 3. The van der Waals surface area contributed by atoms with E-state index in [9.17, 15) is 4.79 Å². The molecule has 0 aliphatic carbocycles. The minimum Gasteiger partial charge on any atom is -0.370 e. The van der Waals surface area contributed by atoms with Crippen molar-refractivity contribution in [2.45, 2.75) is 12.8 Å². The van der Waals surface area contributed by atoms with Crippen molar-refractivity contribution in [2.24, 2.45) is 5.73 Å². The second-order valence-corrected chi connectivity index (χ2v) is 4.60. The smallest absolute Gasteiger partial charge is 0.217 e. The molecular formula is C7H7Cl2NOS. The summed E-state index contributed by atoms with van der Waals surface area (Å²) in [5, 5.41) is 0. The van der Waals surface area contributed by atoms with Crippen LogP contribution >= 0.6 is 34.5 Å². The predicted octanol–water partition coefficient (Wildman–Crippen LogP) is 2.47. The van der Waals surface area contributed by atoms with Crippen molar-refractivity contribution in [3.8, 4) is 0 Å². The summed E-state index contributed by atoms with van der Waals surface area (Å²) in [5.74, 6) is -0.326. The fraction of sp³-hybridized carbons (Fsp3) is 0.286. The number of hydrogen-bond acceptors (Lipinski definition) is 2. The Kier molecular flexibility index (Phi) is 3.38. The summed E-state index contributed by atoms with van der Waals surface area (Å²) in [6.45, 7) is 0. The highest BCUT2D eigenvalue weighted by Gasteiger charge is 2.06. The highest BCUT2D eigenvalue weighted by Crippen LogP contribution is 2.31. The third kappa shape index (κ3) is 2.66. The van der Waals surface area contributed by atoms with E-state index in [-0.39, 0.29) is 5.91 Å². The molecule has 1 amide bonds. The molecule has 0 radical (unpaired) electrons. The third-order valence-corrected chi connectivity index (χ3v) is 2.94. The highest BCUT2D eigenvalue weighted by atomic mass is 35.5. The summed E-state index contributed by atoms with van der Waals surface area (Å²) < 4.78 is 1.28. The number of carbonyl (C=O) groups excluding carboxylic acids is 1. The van der Waals surface area contributed by atoms with Gasteiger partial charge < -0.3 is 5.73 Å². The Morgan fingerprint density at radius 3 is 2.67 bits per heavy atom. The third-order valence-electron chi connectivity index (χ3n) is 1.37. The van der Waals surface area contributed by atoms with Gasteiger partial charge in [-0.05, 0) is 18.1 Å². The lowest BCUT2D eigenvalue weighted by molar-refractivity contribution is -0.117. The standard InChI is InChI=1S/C7H7Cl2NOS/c8-5-3-4(7(9)12-5)1-2-6(10)11/h3H,1-2H2,(H2,10,11). The van der Waals surface area contributed by atoms with E-state index in [1.807, 2.05) is 0 Å². The Morgan fingerprint density at radius 2 is 2.25 bits per heavy atom. The molecule has 1 aromatic rings. The van der Waals surface area contributed by atoms with E-state index in [0.29, 0.717) is 21.5 Å². The van der Waals surface area contributed by atoms with Crippen LogP contribution in [0.2, 0.25) is 8.67 Å². The van der Waals surface area contributed by atoms with Crippen LogP contribution in [-0.2, 0) is 11.2 Å². The lowest BCUT2D eigenvalue weighted by Crippen LogP contribution is -2.10. The molecule has 0 aliphatic rings. The van der Waals surface area contributed by atoms with Gasteiger partial charge in [-0.25, -0.2) is 0 Å². The topological polar surface area (TPSA) is 43.1 Å². The fourth-order valence-electron chi connectivity index (χ4n) is 0.803. The lowest BCUT2D eigenvalue weighted by Gasteiger charge is -1.93. The summed E-state index contributed by atoms with van der Waals surface area (Å²) in [5.41, 5.74) is 5.88. The second kappa shape index (κ2) is 4.12. The molecule has 0 aromatic carbocycles. The van der Waals surface area contributed by atoms with Gasteiger partial charge in [-0.3, -0.25) is 4.79 Å². The number of carbonyl (C=O) groups is 1. The van der Waals surface area contributed by atoms with Gasteiger partial charge in [0.2, 0.25) is 5.91 Å². The number of halogens is 2. The maximum atomic E-state index is 10.4. The van der Waals surface area contributed by atoms with Crippen LogP contribution in [0.25, 0.3) is 0 Å². The molecule has 12 heavy (non-hydrogen) atoms. The predicted molar refractivity (Wildman–Crippen MR) is 51.9 cm³/mol. The molecule has 0 unspecified atom stereocenters. The molecule has 0 saturated heterocycles. The first-order chi connectivity index (χ1) is 5.59. The van der Waals surface area contributed by atoms with Crippen molar-refractivity contribution >= 4 is 40.4 Å². The van der Waals surface area contributed by atoms with Crippen LogP contribution in [-0.4, -0.2) is 5.91 Å². The van der Waals surface area contributed by atoms with Gasteiger partial charge in [-0.15, -0.1) is 11.3 Å². The fourth-order valence-corrected chi connectivity index (χ4v) is 2.35. The molecule has 0 fully saturated rings. The average Bonchev–Trinajstić information content (AvgIpc) is 2.26. The summed E-state index contributed by atoms with van der Waals surface area (Å²) >= 11 is 12.8. The zero-order valence-electron chi connectivity index (χ0n) is 6.14. The Morgan fingerprint density at radius 1 is 1.58 bits per heavy atom. The first kappa shape index (κ1) is 9.84. The van der Waals surface area contributed by atoms with Crippen LogP contribution in [0.1, 0.15) is 12.0 Å². The molecular weight excluding hydrogens is 217 g/mol. The van der Waals surface area contributed by atoms with Gasteiger partial charge in [0.05, 0.1) is 8.67 Å². The van der Waals surface area contributed by atoms with Gasteiger partial charge in [0, 0.05) is 6.42 Å². The van der Waals surface area contributed by atoms with Crippen LogP contribution in [0.15, 0.2) is 6.07 Å². The molecule has 1 rings (SSSR count). The van der Waals surface area contributed by atoms with Gasteiger partial charge in [0.1, 0.15) is 0 Å². The van der Waals surface area contributed by atoms with E-state index in [1.165, 1.54) is 11.3 Å². The number of thiophene rings is 1. The van der Waals surface area contributed by atoms with E-state index in [1.54, 1.807) is 6.07 Å². The summed E-state index contributed by atoms with van der Waals surface area (Å²) in [4.78, 5) is 10.4. The van der Waals surface area contributed by atoms with Crippen molar-refractivity contribution in [3.63, 3.8) is 0 Å². The zero-order valence-corrected chi connectivity index (χ0v) is 8.47. The molecule has 1 heterocycles. The molecule has 0 bridgehead atoms. The van der Waals surface area contributed by atoms with Crippen LogP contribution in [0.3, 0.4) is 0 Å². The van der Waals surface area contributed by atoms with Crippen molar-refractivity contribution < 1.29 is 4.79 Å². The molecule has 0 aliphatic heterocycles. The Labute approximate surface area is 84.3 Å². The lowest BCUT2D eigenvalue weighted by atomic mass is 10.2. The SMILES string of the molecule is NC(=O)CCc1cc(Cl)sc1Cl. The highest BCUT2D eigenvalue weighted by molar-refractivity contribution is 7.20. The van der Waals surface area contributed by atoms with Gasteiger partial charge in [0.15, 0.2) is 0 Å². The Balaban J connectivity index is 2.62. The van der Waals surface area contributed by atoms with Gasteiger partial charge >= 0.3 is 0 Å². The van der Waals surface area contributed by atoms with E-state index in [4.69, 9.17) is 28.9 Å². The molecule has 0 spiro atoms. The molecule has 0 atom stereocenters. The molecule has 2 nitrogen and oxygen atoms in total. The quantitative estimate of drug-likeness (QED) is 0.841. The van der Waals surface area contributed by atoms with Crippen molar-refractivity contribution in [3.05, 3.63) is 20.3 Å². The Bertz CT molecular complexity index is 298. The minimum atomic E-state index is -0.326. The number of primary amides is 1. The van der Waals surface area contributed by atoms with Crippen molar-refractivity contribution in [1.82, 2.24) is 0 Å². The summed E-state index contributed by atoms with van der Waals surface area (Å²) in [6, 6.07) is 1.76. The van der Waals surface area contributed by atoms with E-state index < -0.39 is 0 Å². The monoisotopic (exact) mass is 223 g/mol. The zero-order chi connectivity index (χ0) is 9.14.